The summed E-state index contributed by atoms with van der Waals surface area (Å²) in [7, 11) is 1.72. The zero-order chi connectivity index (χ0) is 18.2. The number of urea groups is 1. The highest BCUT2D eigenvalue weighted by molar-refractivity contribution is 7.09. The van der Waals surface area contributed by atoms with Crippen LogP contribution in [-0.2, 0) is 16.1 Å². The van der Waals surface area contributed by atoms with Gasteiger partial charge in [-0.1, -0.05) is 13.8 Å². The van der Waals surface area contributed by atoms with Crippen LogP contribution in [0.4, 0.5) is 4.79 Å². The lowest BCUT2D eigenvalue weighted by Crippen LogP contribution is -2.46. The Morgan fingerprint density at radius 1 is 1.48 bits per heavy atom. The second-order valence-electron chi connectivity index (χ2n) is 6.62. The van der Waals surface area contributed by atoms with Crippen LogP contribution < -0.4 is 5.32 Å². The summed E-state index contributed by atoms with van der Waals surface area (Å²) >= 11 is 1.61. The summed E-state index contributed by atoms with van der Waals surface area (Å²) in [4.78, 5) is 31.9. The molecule has 2 amide bonds. The third kappa shape index (κ3) is 6.37. The van der Waals surface area contributed by atoms with Crippen molar-refractivity contribution in [2.45, 2.75) is 38.8 Å². The van der Waals surface area contributed by atoms with E-state index in [1.165, 1.54) is 0 Å². The molecule has 1 N–H and O–H groups in total. The first-order valence-electron chi connectivity index (χ1n) is 8.71. The molecule has 1 atom stereocenters. The number of carbonyl (C=O) groups is 2. The Morgan fingerprint density at radius 3 is 2.80 bits per heavy atom. The summed E-state index contributed by atoms with van der Waals surface area (Å²) in [6, 6.07) is -0.724. The van der Waals surface area contributed by atoms with Crippen molar-refractivity contribution >= 4 is 23.7 Å². The number of aromatic nitrogens is 1. The number of morpholine rings is 1. The molecular weight excluding hydrogens is 340 g/mol. The average molecular weight is 369 g/mol. The van der Waals surface area contributed by atoms with Crippen molar-refractivity contribution in [3.05, 3.63) is 16.1 Å². The molecule has 25 heavy (non-hydrogen) atoms. The van der Waals surface area contributed by atoms with Gasteiger partial charge < -0.3 is 19.7 Å². The minimum Gasteiger partial charge on any atom is -0.379 e. The summed E-state index contributed by atoms with van der Waals surface area (Å²) in [6.45, 7) is 8.62. The van der Waals surface area contributed by atoms with Gasteiger partial charge in [0.1, 0.15) is 6.29 Å². The van der Waals surface area contributed by atoms with E-state index in [1.807, 2.05) is 5.38 Å². The Kier molecular flexibility index (Phi) is 7.80. The van der Waals surface area contributed by atoms with Crippen molar-refractivity contribution in [3.63, 3.8) is 0 Å². The van der Waals surface area contributed by atoms with E-state index in [-0.39, 0.29) is 6.03 Å². The molecule has 0 unspecified atom stereocenters. The Hall–Kier alpha value is -1.51. The van der Waals surface area contributed by atoms with Gasteiger partial charge in [0, 0.05) is 38.0 Å². The van der Waals surface area contributed by atoms with E-state index in [0.29, 0.717) is 18.9 Å². The minimum atomic E-state index is -0.473. The molecular formula is C17H28N4O3S. The zero-order valence-corrected chi connectivity index (χ0v) is 16.1. The van der Waals surface area contributed by atoms with Crippen LogP contribution in [0.25, 0.3) is 0 Å². The van der Waals surface area contributed by atoms with E-state index in [0.717, 1.165) is 49.8 Å². The van der Waals surface area contributed by atoms with Crippen molar-refractivity contribution in [1.82, 2.24) is 20.1 Å². The molecule has 8 heteroatoms. The van der Waals surface area contributed by atoms with Crippen LogP contribution in [0, 0.1) is 0 Å². The number of thiazole rings is 1. The molecule has 2 rings (SSSR count). The zero-order valence-electron chi connectivity index (χ0n) is 15.2. The maximum absolute atomic E-state index is 12.3. The second-order valence-corrected chi connectivity index (χ2v) is 7.51. The van der Waals surface area contributed by atoms with Crippen molar-refractivity contribution in [2.24, 2.45) is 0 Å². The van der Waals surface area contributed by atoms with E-state index >= 15 is 0 Å². The fourth-order valence-corrected chi connectivity index (χ4v) is 3.39. The summed E-state index contributed by atoms with van der Waals surface area (Å²) in [5, 5.41) is 5.84. The Bertz CT molecular complexity index is 558. The van der Waals surface area contributed by atoms with Gasteiger partial charge in [-0.3, -0.25) is 4.90 Å². The van der Waals surface area contributed by atoms with Gasteiger partial charge >= 0.3 is 6.03 Å². The Balaban J connectivity index is 1.77. The Morgan fingerprint density at radius 2 is 2.20 bits per heavy atom. The maximum atomic E-state index is 12.3. The quantitative estimate of drug-likeness (QED) is 0.707. The summed E-state index contributed by atoms with van der Waals surface area (Å²) in [5.74, 6) is 0.387. The molecule has 0 radical (unpaired) electrons. The molecule has 1 saturated heterocycles. The largest absolute Gasteiger partial charge is 0.379 e. The number of carbonyl (C=O) groups excluding carboxylic acids is 2. The predicted molar refractivity (Wildman–Crippen MR) is 97.9 cm³/mol. The number of ether oxygens (including phenoxy) is 1. The lowest BCUT2D eigenvalue weighted by atomic mass is 10.2. The smallest absolute Gasteiger partial charge is 0.318 e. The molecule has 1 fully saturated rings. The van der Waals surface area contributed by atoms with Crippen LogP contribution in [0.3, 0.4) is 0 Å². The van der Waals surface area contributed by atoms with E-state index in [1.54, 1.807) is 23.3 Å². The van der Waals surface area contributed by atoms with E-state index < -0.39 is 6.04 Å². The summed E-state index contributed by atoms with van der Waals surface area (Å²) in [5.41, 5.74) is 0.877. The van der Waals surface area contributed by atoms with Gasteiger partial charge in [0.15, 0.2) is 0 Å². The number of rotatable bonds is 8. The van der Waals surface area contributed by atoms with Crippen molar-refractivity contribution < 1.29 is 14.3 Å². The van der Waals surface area contributed by atoms with Crippen molar-refractivity contribution in [2.75, 3.05) is 39.9 Å². The first-order chi connectivity index (χ1) is 12.0. The molecule has 1 aromatic rings. The lowest BCUT2D eigenvalue weighted by Gasteiger charge is -2.28. The molecule has 0 saturated carbocycles. The standard InChI is InChI=1S/C17H28N4O3S/c1-13(2)16-18-15(12-25-16)10-20(3)17(23)19-14(11-22)4-5-21-6-8-24-9-7-21/h11-14H,4-10H2,1-3H3,(H,19,23)/t14-/m0/s1. The summed E-state index contributed by atoms with van der Waals surface area (Å²) < 4.78 is 5.31. The number of aldehydes is 1. The highest BCUT2D eigenvalue weighted by atomic mass is 32.1. The number of hydrogen-bond acceptors (Lipinski definition) is 6. The van der Waals surface area contributed by atoms with Crippen LogP contribution in [0.5, 0.6) is 0 Å². The van der Waals surface area contributed by atoms with Crippen LogP contribution in [0.1, 0.15) is 36.9 Å². The summed E-state index contributed by atoms with van der Waals surface area (Å²) in [6.07, 6.45) is 1.42. The first-order valence-corrected chi connectivity index (χ1v) is 9.59. The van der Waals surface area contributed by atoms with Gasteiger partial charge in [0.25, 0.3) is 0 Å². The molecule has 0 bridgehead atoms. The fraction of sp³-hybridized carbons (Fsp3) is 0.706. The van der Waals surface area contributed by atoms with Gasteiger partial charge in [-0.25, -0.2) is 9.78 Å². The SMILES string of the molecule is CC(C)c1nc(CN(C)C(=O)N[C@H](C=O)CCN2CCOCC2)cs1. The van der Waals surface area contributed by atoms with Crippen molar-refractivity contribution in [1.29, 1.82) is 0 Å². The van der Waals surface area contributed by atoms with Gasteiger partial charge in [0.2, 0.25) is 0 Å². The molecule has 140 valence electrons. The van der Waals surface area contributed by atoms with Gasteiger partial charge in [-0.15, -0.1) is 11.3 Å². The van der Waals surface area contributed by atoms with Crippen LogP contribution in [-0.4, -0.2) is 73.0 Å². The second kappa shape index (κ2) is 9.84. The predicted octanol–water partition coefficient (Wildman–Crippen LogP) is 1.70. The molecule has 7 nitrogen and oxygen atoms in total. The van der Waals surface area contributed by atoms with Crippen LogP contribution >= 0.6 is 11.3 Å². The van der Waals surface area contributed by atoms with E-state index in [9.17, 15) is 9.59 Å². The van der Waals surface area contributed by atoms with Crippen LogP contribution in [0.2, 0.25) is 0 Å². The van der Waals surface area contributed by atoms with Crippen molar-refractivity contribution in [3.8, 4) is 0 Å². The topological polar surface area (TPSA) is 74.8 Å². The highest BCUT2D eigenvalue weighted by Gasteiger charge is 2.18. The van der Waals surface area contributed by atoms with Crippen LogP contribution in [0.15, 0.2) is 5.38 Å². The lowest BCUT2D eigenvalue weighted by molar-refractivity contribution is -0.109. The minimum absolute atomic E-state index is 0.252. The van der Waals surface area contributed by atoms with Gasteiger partial charge in [0.05, 0.1) is 36.5 Å². The monoisotopic (exact) mass is 368 g/mol. The number of hydrogen-bond donors (Lipinski definition) is 1. The number of nitrogens with one attached hydrogen (secondary N) is 1. The number of nitrogens with zero attached hydrogens (tertiary/aromatic N) is 3. The normalized spacial score (nSPS) is 16.6. The maximum Gasteiger partial charge on any atom is 0.318 e. The third-order valence-corrected chi connectivity index (χ3v) is 5.34. The molecule has 1 aromatic heterocycles. The molecule has 0 aromatic carbocycles. The molecule has 1 aliphatic rings. The molecule has 2 heterocycles. The van der Waals surface area contributed by atoms with E-state index in [2.05, 4.69) is 29.0 Å². The molecule has 0 spiro atoms. The van der Waals surface area contributed by atoms with Gasteiger partial charge in [-0.2, -0.15) is 0 Å². The fourth-order valence-electron chi connectivity index (χ4n) is 2.56. The average Bonchev–Trinajstić information content (AvgIpc) is 3.08. The highest BCUT2D eigenvalue weighted by Crippen LogP contribution is 2.19. The number of amides is 2. The first kappa shape index (κ1) is 19.8. The molecule has 0 aliphatic carbocycles. The van der Waals surface area contributed by atoms with E-state index in [4.69, 9.17) is 4.74 Å². The molecule has 1 aliphatic heterocycles. The Labute approximate surface area is 153 Å². The third-order valence-electron chi connectivity index (χ3n) is 4.14. The van der Waals surface area contributed by atoms with Gasteiger partial charge in [-0.05, 0) is 6.42 Å².